The number of hydrogen-bond donors (Lipinski definition) is 2. The maximum Gasteiger partial charge on any atom is 0.136 e. The Morgan fingerprint density at radius 3 is 2.40 bits per heavy atom. The van der Waals surface area contributed by atoms with Gasteiger partial charge in [-0.3, -0.25) is 0 Å². The highest BCUT2D eigenvalue weighted by Gasteiger charge is 2.16. The van der Waals surface area contributed by atoms with Gasteiger partial charge in [0.2, 0.25) is 0 Å². The van der Waals surface area contributed by atoms with Crippen molar-refractivity contribution in [1.29, 1.82) is 0 Å². The van der Waals surface area contributed by atoms with Crippen molar-refractivity contribution < 1.29 is 13.9 Å². The van der Waals surface area contributed by atoms with Crippen LogP contribution in [-0.4, -0.2) is 15.7 Å². The van der Waals surface area contributed by atoms with Gasteiger partial charge in [0.25, 0.3) is 0 Å². The van der Waals surface area contributed by atoms with E-state index < -0.39 is 17.2 Å². The molecule has 132 valence electrons. The number of aliphatic hydroxyl groups is 1. The molecule has 2 aromatic rings. The third-order valence-electron chi connectivity index (χ3n) is 3.45. The summed E-state index contributed by atoms with van der Waals surface area (Å²) in [4.78, 5) is 4.47. The zero-order valence-corrected chi connectivity index (χ0v) is 15.8. The molecule has 0 bridgehead atoms. The number of nitrogens with zero attached hydrogens (tertiary/aromatic N) is 1. The quantitative estimate of drug-likeness (QED) is 0.749. The molecule has 2 rings (SSSR count). The monoisotopic (exact) mass is 408 g/mol. The van der Waals surface area contributed by atoms with Crippen molar-refractivity contribution in [2.24, 2.45) is 0 Å². The van der Waals surface area contributed by atoms with Crippen LogP contribution in [0.1, 0.15) is 43.6 Å². The zero-order chi connectivity index (χ0) is 18.8. The van der Waals surface area contributed by atoms with Gasteiger partial charge in [0.15, 0.2) is 0 Å². The molecule has 0 fully saturated rings. The fourth-order valence-corrected chi connectivity index (χ4v) is 3.08. The maximum absolute atomic E-state index is 13.4. The van der Waals surface area contributed by atoms with E-state index in [1.807, 2.05) is 6.92 Å². The van der Waals surface area contributed by atoms with E-state index in [9.17, 15) is 13.9 Å². The molecule has 6 heteroatoms. The van der Waals surface area contributed by atoms with Gasteiger partial charge in [0.05, 0.1) is 11.4 Å². The molecule has 0 radical (unpaired) electrons. The maximum atomic E-state index is 13.4. The first-order valence-electron chi connectivity index (χ1n) is 7.71. The molecule has 0 aliphatic heterocycles. The van der Waals surface area contributed by atoms with Gasteiger partial charge < -0.3 is 10.8 Å². The van der Waals surface area contributed by atoms with Crippen molar-refractivity contribution in [2.45, 2.75) is 38.7 Å². The van der Waals surface area contributed by atoms with Crippen molar-refractivity contribution in [3.63, 3.8) is 0 Å². The highest BCUT2D eigenvalue weighted by molar-refractivity contribution is 9.10. The van der Waals surface area contributed by atoms with Gasteiger partial charge in [-0.25, -0.2) is 13.8 Å². The van der Waals surface area contributed by atoms with Crippen LogP contribution in [0.5, 0.6) is 0 Å². The van der Waals surface area contributed by atoms with Gasteiger partial charge in [-0.05, 0) is 65.9 Å². The van der Waals surface area contributed by atoms with Crippen LogP contribution >= 0.6 is 15.9 Å². The van der Waals surface area contributed by atoms with Gasteiger partial charge in [0.1, 0.15) is 22.9 Å². The molecule has 1 heterocycles. The first-order valence-corrected chi connectivity index (χ1v) is 8.51. The Morgan fingerprint density at radius 1 is 1.24 bits per heavy atom. The molecule has 3 N–H and O–H groups in total. The zero-order valence-electron chi connectivity index (χ0n) is 14.2. The van der Waals surface area contributed by atoms with Crippen molar-refractivity contribution in [2.75, 3.05) is 5.73 Å². The van der Waals surface area contributed by atoms with Crippen LogP contribution in [0.25, 0.3) is 0 Å². The van der Waals surface area contributed by atoms with Crippen LogP contribution < -0.4 is 5.73 Å². The lowest BCUT2D eigenvalue weighted by atomic mass is 9.97. The minimum Gasteiger partial charge on any atom is -0.396 e. The molecular weight excluding hydrogens is 390 g/mol. The van der Waals surface area contributed by atoms with Crippen molar-refractivity contribution in [3.05, 3.63) is 57.3 Å². The fraction of sp³-hybridized carbons (Fsp3) is 0.316. The van der Waals surface area contributed by atoms with E-state index in [1.165, 1.54) is 12.1 Å². The van der Waals surface area contributed by atoms with Crippen LogP contribution in [0, 0.1) is 23.5 Å². The Morgan fingerprint density at radius 2 is 1.84 bits per heavy atom. The van der Waals surface area contributed by atoms with Crippen LogP contribution in [0.2, 0.25) is 0 Å². The second-order valence-corrected chi connectivity index (χ2v) is 7.34. The van der Waals surface area contributed by atoms with Gasteiger partial charge in [-0.15, -0.1) is 0 Å². The molecule has 0 amide bonds. The number of hydrogen-bond acceptors (Lipinski definition) is 3. The fourth-order valence-electron chi connectivity index (χ4n) is 2.35. The van der Waals surface area contributed by atoms with E-state index in [4.69, 9.17) is 5.73 Å². The van der Waals surface area contributed by atoms with Crippen molar-refractivity contribution in [1.82, 2.24) is 4.98 Å². The summed E-state index contributed by atoms with van der Waals surface area (Å²) in [5.41, 5.74) is 6.74. The molecule has 0 spiro atoms. The van der Waals surface area contributed by atoms with Crippen LogP contribution in [0.15, 0.2) is 28.7 Å². The Kier molecular flexibility index (Phi) is 5.81. The Bertz CT molecular complexity index is 831. The van der Waals surface area contributed by atoms with E-state index in [0.717, 1.165) is 6.07 Å². The summed E-state index contributed by atoms with van der Waals surface area (Å²) in [6.07, 6.45) is 0.405. The summed E-state index contributed by atoms with van der Waals surface area (Å²) < 4.78 is 27.4. The Hall–Kier alpha value is -1.97. The number of benzene rings is 1. The Balaban J connectivity index is 2.35. The van der Waals surface area contributed by atoms with E-state index >= 15 is 0 Å². The largest absolute Gasteiger partial charge is 0.396 e. The molecule has 1 aromatic carbocycles. The summed E-state index contributed by atoms with van der Waals surface area (Å²) in [6, 6.07) is 5.15. The molecule has 1 aromatic heterocycles. The number of anilines is 1. The molecule has 0 unspecified atom stereocenters. The molecular formula is C19H19BrF2N2O. The lowest BCUT2D eigenvalue weighted by Gasteiger charge is -2.15. The van der Waals surface area contributed by atoms with Gasteiger partial charge >= 0.3 is 0 Å². The smallest absolute Gasteiger partial charge is 0.136 e. The van der Waals surface area contributed by atoms with E-state index in [0.29, 0.717) is 33.5 Å². The van der Waals surface area contributed by atoms with Crippen LogP contribution in [0.3, 0.4) is 0 Å². The predicted octanol–water partition coefficient (Wildman–Crippen LogP) is 4.17. The highest BCUT2D eigenvalue weighted by Crippen LogP contribution is 2.29. The lowest BCUT2D eigenvalue weighted by Crippen LogP contribution is -2.15. The number of aromatic nitrogens is 1. The molecule has 0 aliphatic rings. The average Bonchev–Trinajstić information content (AvgIpc) is 2.43. The van der Waals surface area contributed by atoms with E-state index in [-0.39, 0.29) is 5.92 Å². The van der Waals surface area contributed by atoms with Gasteiger partial charge in [-0.2, -0.15) is 0 Å². The first-order chi connectivity index (χ1) is 11.5. The number of pyridine rings is 1. The van der Waals surface area contributed by atoms with E-state index in [2.05, 4.69) is 32.8 Å². The van der Waals surface area contributed by atoms with Gasteiger partial charge in [-0.1, -0.05) is 12.8 Å². The number of nitrogen functional groups attached to an aromatic ring is 1. The molecule has 1 atom stereocenters. The second-order valence-electron chi connectivity index (χ2n) is 6.49. The van der Waals surface area contributed by atoms with Crippen LogP contribution in [0.4, 0.5) is 14.5 Å². The summed E-state index contributed by atoms with van der Waals surface area (Å²) in [7, 11) is 0. The topological polar surface area (TPSA) is 59.1 Å². The van der Waals surface area contributed by atoms with Crippen molar-refractivity contribution >= 4 is 21.6 Å². The summed E-state index contributed by atoms with van der Waals surface area (Å²) >= 11 is 3.43. The summed E-state index contributed by atoms with van der Waals surface area (Å²) in [5, 5.41) is 9.73. The average molecular weight is 409 g/mol. The molecule has 3 nitrogen and oxygen atoms in total. The third-order valence-corrected chi connectivity index (χ3v) is 4.09. The number of nitrogens with two attached hydrogens (primary N) is 1. The summed E-state index contributed by atoms with van der Waals surface area (Å²) in [6.45, 7) is 5.04. The molecule has 0 aliphatic carbocycles. The molecule has 0 saturated carbocycles. The van der Waals surface area contributed by atoms with E-state index in [1.54, 1.807) is 19.9 Å². The second kappa shape index (κ2) is 7.51. The SMILES string of the molecule is C[C@@H](Cc1cc(F)cc(F)c1)c1nc(C#CC(C)(C)O)c(N)cc1Br. The molecule has 0 saturated heterocycles. The summed E-state index contributed by atoms with van der Waals surface area (Å²) in [5.74, 6) is 4.12. The normalized spacial score (nSPS) is 12.4. The minimum atomic E-state index is -1.16. The first kappa shape index (κ1) is 19.4. The van der Waals surface area contributed by atoms with Crippen molar-refractivity contribution in [3.8, 4) is 11.8 Å². The molecule has 25 heavy (non-hydrogen) atoms. The predicted molar refractivity (Wildman–Crippen MR) is 98.0 cm³/mol. The van der Waals surface area contributed by atoms with Crippen LogP contribution in [-0.2, 0) is 6.42 Å². The minimum absolute atomic E-state index is 0.126. The van der Waals surface area contributed by atoms with Gasteiger partial charge in [0, 0.05) is 16.5 Å². The third kappa shape index (κ3) is 5.52. The number of halogens is 3. The number of rotatable bonds is 3. The lowest BCUT2D eigenvalue weighted by molar-refractivity contribution is 0.143. The Labute approximate surface area is 154 Å². The standard InChI is InChI=1S/C19H19BrF2N2O/c1-11(6-12-7-13(21)9-14(22)8-12)18-15(20)10-16(23)17(24-18)4-5-19(2,3)25/h7-11,25H,6,23H2,1-3H3/t11-/m0/s1. The highest BCUT2D eigenvalue weighted by atomic mass is 79.9.